The third kappa shape index (κ3) is 14.5. The van der Waals surface area contributed by atoms with Crippen molar-refractivity contribution < 1.29 is 53.7 Å². The van der Waals surface area contributed by atoms with Gasteiger partial charge in [-0.25, -0.2) is 4.79 Å². The monoisotopic (exact) mass is 679 g/mol. The van der Waals surface area contributed by atoms with E-state index in [1.54, 1.807) is 44.2 Å². The number of carbonyl (C=O) groups is 8. The van der Waals surface area contributed by atoms with Crippen LogP contribution in [0, 0.1) is 5.92 Å². The Hall–Kier alpha value is -5.10. The summed E-state index contributed by atoms with van der Waals surface area (Å²) in [6, 6.07) is 0.603. The van der Waals surface area contributed by atoms with E-state index in [-0.39, 0.29) is 19.3 Å². The van der Waals surface area contributed by atoms with Crippen molar-refractivity contribution in [3.05, 3.63) is 35.9 Å². The summed E-state index contributed by atoms with van der Waals surface area (Å²) in [6.07, 6.45) is -1.49. The molecule has 0 aliphatic rings. The molecule has 0 fully saturated rings. The molecule has 0 spiro atoms. The minimum Gasteiger partial charge on any atom is -0.481 e. The molecule has 0 aliphatic heterocycles. The second-order valence-electron chi connectivity index (χ2n) is 11.4. The van der Waals surface area contributed by atoms with Gasteiger partial charge in [0.25, 0.3) is 0 Å². The molecule has 0 aromatic heterocycles. The number of nitrogens with one attached hydrogen (secondary N) is 5. The van der Waals surface area contributed by atoms with Crippen LogP contribution in [0.3, 0.4) is 0 Å². The van der Waals surface area contributed by atoms with E-state index in [0.717, 1.165) is 5.56 Å². The van der Waals surface area contributed by atoms with Crippen LogP contribution in [0.2, 0.25) is 0 Å². The first kappa shape index (κ1) is 40.9. The molecule has 0 aliphatic carbocycles. The maximum Gasteiger partial charge on any atom is 0.326 e. The van der Waals surface area contributed by atoms with E-state index in [1.165, 1.54) is 6.92 Å². The fourth-order valence-electron chi connectivity index (χ4n) is 4.24. The van der Waals surface area contributed by atoms with Crippen molar-refractivity contribution in [1.29, 1.82) is 0 Å². The third-order valence-corrected chi connectivity index (χ3v) is 7.02. The average Bonchev–Trinajstić information content (AvgIpc) is 3.01. The largest absolute Gasteiger partial charge is 0.481 e. The van der Waals surface area contributed by atoms with E-state index < -0.39 is 109 Å². The Morgan fingerprint density at radius 3 is 1.75 bits per heavy atom. The van der Waals surface area contributed by atoms with Crippen molar-refractivity contribution in [2.75, 3.05) is 6.61 Å². The maximum atomic E-state index is 13.3. The quantitative estimate of drug-likeness (QED) is 0.0617. The number of hydrogen-bond acceptors (Lipinski definition) is 10. The minimum atomic E-state index is -1.52. The lowest BCUT2D eigenvalue weighted by atomic mass is 10.0. The number of hydrogen-bond donors (Lipinski definition) is 10. The fourth-order valence-corrected chi connectivity index (χ4v) is 4.24. The molecule has 0 saturated carbocycles. The van der Waals surface area contributed by atoms with Gasteiger partial charge in [0, 0.05) is 12.8 Å². The molecule has 18 heteroatoms. The predicted octanol–water partition coefficient (Wildman–Crippen LogP) is -3.14. The van der Waals surface area contributed by atoms with Crippen LogP contribution in [0.4, 0.5) is 0 Å². The topological polar surface area (TPSA) is 309 Å². The number of nitrogens with two attached hydrogens (primary N) is 2. The van der Waals surface area contributed by atoms with Crippen molar-refractivity contribution in [3.63, 3.8) is 0 Å². The predicted molar refractivity (Wildman–Crippen MR) is 168 cm³/mol. The summed E-state index contributed by atoms with van der Waals surface area (Å²) in [5, 5.41) is 39.8. The van der Waals surface area contributed by atoms with Gasteiger partial charge in [0.1, 0.15) is 30.2 Å². The Morgan fingerprint density at radius 2 is 1.23 bits per heavy atom. The van der Waals surface area contributed by atoms with Gasteiger partial charge in [-0.1, -0.05) is 44.2 Å². The first-order chi connectivity index (χ1) is 22.5. The smallest absolute Gasteiger partial charge is 0.326 e. The maximum absolute atomic E-state index is 13.3. The number of aliphatic hydroxyl groups excluding tert-OH is 1. The SMILES string of the molecule is CC(C)[C@H](NC(=O)[C@H](CO)NC(=O)[C@@H](N)Cc1ccccc1)C(=O)N[C@@H](CCC(=O)O)C(=O)N[C@@H](C)C(=O)N[C@@H](CCC(N)=O)C(=O)O. The lowest BCUT2D eigenvalue weighted by Gasteiger charge is -2.27. The number of aliphatic hydroxyl groups is 1. The standard InChI is InChI=1S/C30H45N7O11/c1-15(2)24(37-28(45)21(14-38)36-26(43)18(31)13-17-7-5-4-6-8-17)29(46)34-19(10-12-23(40)41)27(44)33-16(3)25(42)35-20(30(47)48)9-11-22(32)39/h4-8,15-16,18-21,24,38H,9-14,31H2,1-3H3,(H2,32,39)(H,33,44)(H,34,46)(H,35,42)(H,36,43)(H,37,45)(H,40,41)(H,47,48)/t16-,18-,19-,20-,21-,24-/m0/s1. The lowest BCUT2D eigenvalue weighted by molar-refractivity contribution is -0.142. The van der Waals surface area contributed by atoms with Crippen LogP contribution in [0.15, 0.2) is 30.3 Å². The van der Waals surface area contributed by atoms with Crippen molar-refractivity contribution in [2.24, 2.45) is 17.4 Å². The molecule has 266 valence electrons. The highest BCUT2D eigenvalue weighted by Gasteiger charge is 2.33. The number of carboxylic acid groups (broad SMARTS) is 2. The average molecular weight is 680 g/mol. The zero-order valence-electron chi connectivity index (χ0n) is 26.9. The first-order valence-electron chi connectivity index (χ1n) is 15.1. The number of amides is 6. The molecular weight excluding hydrogens is 634 g/mol. The molecule has 18 nitrogen and oxygen atoms in total. The summed E-state index contributed by atoms with van der Waals surface area (Å²) in [6.45, 7) is 3.49. The van der Waals surface area contributed by atoms with Crippen LogP contribution in [-0.4, -0.2) is 106 Å². The fraction of sp³-hybridized carbons (Fsp3) is 0.533. The normalized spacial score (nSPS) is 14.6. The van der Waals surface area contributed by atoms with E-state index in [4.69, 9.17) is 16.6 Å². The summed E-state index contributed by atoms with van der Waals surface area (Å²) in [7, 11) is 0. The van der Waals surface area contributed by atoms with Crippen molar-refractivity contribution >= 4 is 47.4 Å². The minimum absolute atomic E-state index is 0.152. The zero-order chi connectivity index (χ0) is 36.6. The van der Waals surface area contributed by atoms with E-state index in [0.29, 0.717) is 0 Å². The van der Waals surface area contributed by atoms with Gasteiger partial charge in [-0.2, -0.15) is 0 Å². The van der Waals surface area contributed by atoms with Crippen LogP contribution in [0.5, 0.6) is 0 Å². The summed E-state index contributed by atoms with van der Waals surface area (Å²) in [4.78, 5) is 98.3. The van der Waals surface area contributed by atoms with Gasteiger partial charge in [-0.05, 0) is 37.7 Å². The van der Waals surface area contributed by atoms with Gasteiger partial charge < -0.3 is 53.4 Å². The molecule has 0 saturated heterocycles. The summed E-state index contributed by atoms with van der Waals surface area (Å²) < 4.78 is 0. The molecule has 6 amide bonds. The molecular formula is C30H45N7O11. The van der Waals surface area contributed by atoms with E-state index in [1.807, 2.05) is 0 Å². The summed E-state index contributed by atoms with van der Waals surface area (Å²) in [5.74, 6) is -8.66. The van der Waals surface area contributed by atoms with E-state index in [2.05, 4.69) is 26.6 Å². The molecule has 0 radical (unpaired) electrons. The van der Waals surface area contributed by atoms with Crippen LogP contribution in [0.25, 0.3) is 0 Å². The van der Waals surface area contributed by atoms with Crippen molar-refractivity contribution in [2.45, 2.75) is 89.1 Å². The number of primary amides is 1. The second-order valence-corrected chi connectivity index (χ2v) is 11.4. The van der Waals surface area contributed by atoms with Crippen LogP contribution in [-0.2, 0) is 44.8 Å². The molecule has 0 unspecified atom stereocenters. The summed E-state index contributed by atoms with van der Waals surface area (Å²) in [5.41, 5.74) is 11.8. The van der Waals surface area contributed by atoms with Gasteiger partial charge in [0.05, 0.1) is 12.6 Å². The molecule has 48 heavy (non-hydrogen) atoms. The zero-order valence-corrected chi connectivity index (χ0v) is 26.9. The Kier molecular flexibility index (Phi) is 17.2. The highest BCUT2D eigenvalue weighted by atomic mass is 16.4. The molecule has 6 atom stereocenters. The molecule has 1 aromatic rings. The Labute approximate surface area is 276 Å². The van der Waals surface area contributed by atoms with Gasteiger partial charge in [-0.15, -0.1) is 0 Å². The molecule has 12 N–H and O–H groups in total. The van der Waals surface area contributed by atoms with Crippen molar-refractivity contribution in [3.8, 4) is 0 Å². The number of carbonyl (C=O) groups excluding carboxylic acids is 6. The Balaban J connectivity index is 2.97. The van der Waals surface area contributed by atoms with Crippen LogP contribution in [0.1, 0.15) is 52.0 Å². The first-order valence-corrected chi connectivity index (χ1v) is 15.1. The number of benzene rings is 1. The van der Waals surface area contributed by atoms with Crippen molar-refractivity contribution in [1.82, 2.24) is 26.6 Å². The molecule has 1 aromatic carbocycles. The highest BCUT2D eigenvalue weighted by molar-refractivity contribution is 5.96. The number of rotatable bonds is 21. The van der Waals surface area contributed by atoms with Gasteiger partial charge >= 0.3 is 11.9 Å². The van der Waals surface area contributed by atoms with Gasteiger partial charge in [-0.3, -0.25) is 33.6 Å². The van der Waals surface area contributed by atoms with Gasteiger partial charge in [0.15, 0.2) is 0 Å². The van der Waals surface area contributed by atoms with Crippen LogP contribution >= 0.6 is 0 Å². The molecule has 1 rings (SSSR count). The third-order valence-electron chi connectivity index (χ3n) is 7.02. The van der Waals surface area contributed by atoms with E-state index >= 15 is 0 Å². The highest BCUT2D eigenvalue weighted by Crippen LogP contribution is 2.07. The Morgan fingerprint density at radius 1 is 0.688 bits per heavy atom. The Bertz CT molecular complexity index is 1310. The second kappa shape index (κ2) is 20.2. The lowest BCUT2D eigenvalue weighted by Crippen LogP contribution is -2.60. The van der Waals surface area contributed by atoms with Crippen LogP contribution < -0.4 is 38.1 Å². The number of carboxylic acids is 2. The number of aliphatic carboxylic acids is 2. The molecule has 0 heterocycles. The summed E-state index contributed by atoms with van der Waals surface area (Å²) >= 11 is 0. The van der Waals surface area contributed by atoms with Gasteiger partial charge in [0.2, 0.25) is 35.4 Å². The molecule has 0 bridgehead atoms. The van der Waals surface area contributed by atoms with E-state index in [9.17, 15) is 48.6 Å².